The Labute approximate surface area is 225 Å². The summed E-state index contributed by atoms with van der Waals surface area (Å²) in [5.74, 6) is 0.0816. The van der Waals surface area contributed by atoms with Gasteiger partial charge in [-0.3, -0.25) is 4.98 Å². The van der Waals surface area contributed by atoms with Crippen molar-refractivity contribution in [1.29, 1.82) is 0 Å². The molecule has 38 heavy (non-hydrogen) atoms. The Kier molecular flexibility index (Phi) is 6.49. The number of hydrogen-bond acceptors (Lipinski definition) is 7. The highest BCUT2D eigenvalue weighted by Gasteiger charge is 2.33. The molecule has 1 fully saturated rings. The minimum absolute atomic E-state index is 0.0632. The molecular weight excluding hydrogens is 498 g/mol. The molecule has 5 aromatic rings. The summed E-state index contributed by atoms with van der Waals surface area (Å²) in [5, 5.41) is 8.49. The van der Waals surface area contributed by atoms with Crippen LogP contribution in [0.25, 0.3) is 32.5 Å². The van der Waals surface area contributed by atoms with Crippen molar-refractivity contribution in [3.63, 3.8) is 0 Å². The van der Waals surface area contributed by atoms with Crippen molar-refractivity contribution in [3.05, 3.63) is 64.3 Å². The van der Waals surface area contributed by atoms with Crippen LogP contribution in [0.2, 0.25) is 0 Å². The first-order chi connectivity index (χ1) is 18.5. The first-order valence-corrected chi connectivity index (χ1v) is 13.9. The van der Waals surface area contributed by atoms with Crippen LogP contribution in [0.1, 0.15) is 52.3 Å². The van der Waals surface area contributed by atoms with Crippen LogP contribution >= 0.6 is 11.3 Å². The molecule has 1 aliphatic rings. The van der Waals surface area contributed by atoms with Crippen LogP contribution in [-0.2, 0) is 22.9 Å². The lowest BCUT2D eigenvalue weighted by atomic mass is 9.86. The number of benzene rings is 1. The quantitative estimate of drug-likeness (QED) is 0.262. The maximum absolute atomic E-state index is 12.9. The highest BCUT2D eigenvalue weighted by Crippen LogP contribution is 2.45. The number of esters is 1. The van der Waals surface area contributed by atoms with Crippen molar-refractivity contribution in [2.24, 2.45) is 13.0 Å². The standard InChI is InChI=1S/C29H31N5O3S/c1-5-21-26-28(38-27(21)29(35)36-4)23-22(15-20(16-30-23)24-17(2)31-32-33(24)3)34(26)25(18-9-7-6-8-10-18)19-11-13-37-14-12-19/h6-10,15-16,19,25H,5,11-14H2,1-4H3/t25-/m1/s1. The second kappa shape index (κ2) is 9.96. The van der Waals surface area contributed by atoms with Gasteiger partial charge in [0.2, 0.25) is 0 Å². The molecule has 8 nitrogen and oxygen atoms in total. The van der Waals surface area contributed by atoms with E-state index in [1.807, 2.05) is 20.2 Å². The lowest BCUT2D eigenvalue weighted by Gasteiger charge is -2.33. The summed E-state index contributed by atoms with van der Waals surface area (Å²) in [5.41, 5.74) is 8.08. The second-order valence-corrected chi connectivity index (χ2v) is 10.9. The average Bonchev–Trinajstić information content (AvgIpc) is 3.59. The average molecular weight is 530 g/mol. The number of methoxy groups -OCH3 is 1. The number of nitrogens with zero attached hydrogens (tertiary/aromatic N) is 5. The van der Waals surface area contributed by atoms with Crippen molar-refractivity contribution in [1.82, 2.24) is 24.5 Å². The Morgan fingerprint density at radius 1 is 1.24 bits per heavy atom. The van der Waals surface area contributed by atoms with E-state index in [0.717, 1.165) is 69.8 Å². The predicted molar refractivity (Wildman–Crippen MR) is 149 cm³/mol. The first kappa shape index (κ1) is 24.8. The summed E-state index contributed by atoms with van der Waals surface area (Å²) >= 11 is 1.49. The van der Waals surface area contributed by atoms with E-state index >= 15 is 0 Å². The molecule has 0 unspecified atom stereocenters. The molecule has 1 atom stereocenters. The van der Waals surface area contributed by atoms with E-state index in [9.17, 15) is 4.79 Å². The third-order valence-electron chi connectivity index (χ3n) is 7.69. The summed E-state index contributed by atoms with van der Waals surface area (Å²) in [4.78, 5) is 18.5. The monoisotopic (exact) mass is 529 g/mol. The molecule has 0 N–H and O–H groups in total. The molecule has 1 aliphatic heterocycles. The van der Waals surface area contributed by atoms with E-state index in [2.05, 4.69) is 58.2 Å². The van der Waals surface area contributed by atoms with E-state index in [1.165, 1.54) is 24.0 Å². The summed E-state index contributed by atoms with van der Waals surface area (Å²) in [6.07, 6.45) is 4.54. The highest BCUT2D eigenvalue weighted by molar-refractivity contribution is 7.22. The van der Waals surface area contributed by atoms with Gasteiger partial charge in [-0.05, 0) is 43.7 Å². The van der Waals surface area contributed by atoms with E-state index in [1.54, 1.807) is 4.68 Å². The van der Waals surface area contributed by atoms with Crippen LogP contribution in [0.15, 0.2) is 42.6 Å². The van der Waals surface area contributed by atoms with Crippen molar-refractivity contribution in [3.8, 4) is 11.3 Å². The molecule has 4 aromatic heterocycles. The van der Waals surface area contributed by atoms with Gasteiger partial charge in [-0.15, -0.1) is 16.4 Å². The predicted octanol–water partition coefficient (Wildman–Crippen LogP) is 5.72. The van der Waals surface area contributed by atoms with Gasteiger partial charge in [0.1, 0.15) is 10.4 Å². The molecule has 1 saturated heterocycles. The molecule has 9 heteroatoms. The molecular formula is C29H31N5O3S. The lowest BCUT2D eigenvalue weighted by Crippen LogP contribution is -2.27. The lowest BCUT2D eigenvalue weighted by molar-refractivity contribution is 0.0552. The molecule has 0 saturated carbocycles. The smallest absolute Gasteiger partial charge is 0.348 e. The van der Waals surface area contributed by atoms with Crippen LogP contribution in [0.4, 0.5) is 0 Å². The summed E-state index contributed by atoms with van der Waals surface area (Å²) in [6, 6.07) is 13.0. The molecule has 1 aromatic carbocycles. The molecule has 0 spiro atoms. The maximum atomic E-state index is 12.9. The van der Waals surface area contributed by atoms with Crippen LogP contribution < -0.4 is 0 Å². The zero-order valence-electron chi connectivity index (χ0n) is 22.1. The van der Waals surface area contributed by atoms with Crippen LogP contribution in [-0.4, -0.2) is 50.8 Å². The van der Waals surface area contributed by atoms with Gasteiger partial charge >= 0.3 is 5.97 Å². The number of carbonyl (C=O) groups is 1. The van der Waals surface area contributed by atoms with Crippen molar-refractivity contribution < 1.29 is 14.3 Å². The van der Waals surface area contributed by atoms with Crippen molar-refractivity contribution in [2.75, 3.05) is 20.3 Å². The molecule has 0 bridgehead atoms. The fourth-order valence-electron chi connectivity index (χ4n) is 5.98. The minimum atomic E-state index is -0.293. The fourth-order valence-corrected chi connectivity index (χ4v) is 7.29. The zero-order valence-corrected chi connectivity index (χ0v) is 22.9. The number of aryl methyl sites for hydroxylation is 3. The van der Waals surface area contributed by atoms with Gasteiger partial charge in [-0.2, -0.15) is 0 Å². The molecule has 196 valence electrons. The maximum Gasteiger partial charge on any atom is 0.348 e. The number of fused-ring (bicyclic) bond motifs is 3. The number of aromatic nitrogens is 5. The van der Waals surface area contributed by atoms with E-state index in [0.29, 0.717) is 17.2 Å². The SMILES string of the molecule is CCc1c(C(=O)OC)sc2c3ncc(-c4c(C)nnn4C)cc3n([C@H](c3ccccc3)C3CCOCC3)c12. The summed E-state index contributed by atoms with van der Waals surface area (Å²) < 4.78 is 16.2. The van der Waals surface area contributed by atoms with Crippen molar-refractivity contribution >= 4 is 38.6 Å². The summed E-state index contributed by atoms with van der Waals surface area (Å²) in [6.45, 7) is 5.57. The number of pyridine rings is 1. The fraction of sp³-hybridized carbons (Fsp3) is 0.379. The molecule has 5 heterocycles. The van der Waals surface area contributed by atoms with Crippen LogP contribution in [0.3, 0.4) is 0 Å². The minimum Gasteiger partial charge on any atom is -0.465 e. The van der Waals surface area contributed by atoms with Gasteiger partial charge in [0.25, 0.3) is 0 Å². The number of carbonyl (C=O) groups excluding carboxylic acids is 1. The largest absolute Gasteiger partial charge is 0.465 e. The van der Waals surface area contributed by atoms with E-state index in [-0.39, 0.29) is 12.0 Å². The normalized spacial score (nSPS) is 15.4. The van der Waals surface area contributed by atoms with Gasteiger partial charge in [-0.25, -0.2) is 9.48 Å². The first-order valence-electron chi connectivity index (χ1n) is 13.1. The Balaban J connectivity index is 1.71. The topological polar surface area (TPSA) is 84.1 Å². The van der Waals surface area contributed by atoms with Gasteiger partial charge in [0.05, 0.1) is 40.3 Å². The van der Waals surface area contributed by atoms with Crippen molar-refractivity contribution in [2.45, 2.75) is 39.2 Å². The highest BCUT2D eigenvalue weighted by atomic mass is 32.1. The molecule has 0 aliphatic carbocycles. The number of ether oxygens (including phenoxy) is 2. The number of hydrogen-bond donors (Lipinski definition) is 0. The Morgan fingerprint density at radius 2 is 2.00 bits per heavy atom. The Hall–Kier alpha value is -3.56. The van der Waals surface area contributed by atoms with Crippen LogP contribution in [0.5, 0.6) is 0 Å². The number of rotatable bonds is 6. The molecule has 0 radical (unpaired) electrons. The van der Waals surface area contributed by atoms with Gasteiger partial charge < -0.3 is 14.0 Å². The Morgan fingerprint density at radius 3 is 2.66 bits per heavy atom. The number of thiophene rings is 1. The van der Waals surface area contributed by atoms with E-state index < -0.39 is 0 Å². The van der Waals surface area contributed by atoms with Gasteiger partial charge in [0.15, 0.2) is 0 Å². The third kappa shape index (κ3) is 3.92. The summed E-state index contributed by atoms with van der Waals surface area (Å²) in [7, 11) is 3.35. The zero-order chi connectivity index (χ0) is 26.4. The van der Waals surface area contributed by atoms with Gasteiger partial charge in [-0.1, -0.05) is 42.5 Å². The Bertz CT molecular complexity index is 1610. The molecule has 6 rings (SSSR count). The second-order valence-electron chi connectivity index (χ2n) is 9.85. The van der Waals surface area contributed by atoms with Gasteiger partial charge in [0, 0.05) is 37.6 Å². The van der Waals surface area contributed by atoms with E-state index in [4.69, 9.17) is 14.5 Å². The third-order valence-corrected chi connectivity index (χ3v) is 8.89. The molecule has 0 amide bonds. The van der Waals surface area contributed by atoms with Crippen LogP contribution in [0, 0.1) is 12.8 Å².